The fourth-order valence-corrected chi connectivity index (χ4v) is 1.99. The molecule has 0 radical (unpaired) electrons. The monoisotopic (exact) mass is 341 g/mol. The molecule has 5 nitrogen and oxygen atoms in total. The Balaban J connectivity index is 0.000000922. The zero-order valence-corrected chi connectivity index (χ0v) is 15.1. The Bertz CT molecular complexity index is 714. The predicted octanol–water partition coefficient (Wildman–Crippen LogP) is 3.57. The number of rotatable bonds is 2. The van der Waals surface area contributed by atoms with Crippen molar-refractivity contribution < 1.29 is 4.48 Å². The van der Waals surface area contributed by atoms with Crippen molar-refractivity contribution in [1.82, 2.24) is 0 Å². The highest BCUT2D eigenvalue weighted by Crippen LogP contribution is 2.34. The Morgan fingerprint density at radius 1 is 1.08 bits per heavy atom. The Morgan fingerprint density at radius 3 is 2.04 bits per heavy atom. The van der Waals surface area contributed by atoms with Crippen molar-refractivity contribution >= 4 is 17.5 Å². The van der Waals surface area contributed by atoms with Crippen LogP contribution in [0.1, 0.15) is 19.3 Å². The second-order valence-corrected chi connectivity index (χ2v) is 6.84. The Morgan fingerprint density at radius 2 is 1.62 bits per heavy atom. The highest BCUT2D eigenvalue weighted by atomic mass is 35.5. The lowest BCUT2D eigenvalue weighted by molar-refractivity contribution is -0.849. The van der Waals surface area contributed by atoms with Crippen molar-refractivity contribution in [3.8, 4) is 18.2 Å². The SMILES string of the molecule is C[N+](C)(C)C.N#CC(=C=[N-])/C=C1\CCCC(C=C(C#N)C#N)=C1Cl. The van der Waals surface area contributed by atoms with Crippen molar-refractivity contribution in [2.24, 2.45) is 0 Å². The molecule has 0 aromatic carbocycles. The molecule has 0 aromatic heterocycles. The first kappa shape index (κ1) is 21.4. The van der Waals surface area contributed by atoms with E-state index in [9.17, 15) is 0 Å². The lowest BCUT2D eigenvalue weighted by Gasteiger charge is -2.16. The second-order valence-electron chi connectivity index (χ2n) is 6.46. The normalized spacial score (nSPS) is 15.0. The zero-order chi connectivity index (χ0) is 18.8. The van der Waals surface area contributed by atoms with E-state index in [-0.39, 0.29) is 11.1 Å². The van der Waals surface area contributed by atoms with Crippen LogP contribution in [0.4, 0.5) is 0 Å². The third-order valence-corrected chi connectivity index (χ3v) is 3.06. The molecular formula is C18H20ClN5. The highest BCUT2D eigenvalue weighted by molar-refractivity contribution is 6.32. The van der Waals surface area contributed by atoms with Gasteiger partial charge in [-0.15, -0.1) is 0 Å². The number of nitrogens with zero attached hydrogens (tertiary/aromatic N) is 5. The summed E-state index contributed by atoms with van der Waals surface area (Å²) in [5.74, 6) is 1.78. The topological polar surface area (TPSA) is 93.7 Å². The van der Waals surface area contributed by atoms with Crippen LogP contribution in [0.15, 0.2) is 39.5 Å². The number of hydrogen-bond donors (Lipinski definition) is 0. The molecule has 0 heterocycles. The largest absolute Gasteiger partial charge is 0.762 e. The van der Waals surface area contributed by atoms with E-state index in [1.165, 1.54) is 12.2 Å². The summed E-state index contributed by atoms with van der Waals surface area (Å²) in [6.45, 7) is 0. The molecule has 0 saturated carbocycles. The van der Waals surface area contributed by atoms with Crippen LogP contribution in [-0.4, -0.2) is 38.5 Å². The van der Waals surface area contributed by atoms with Gasteiger partial charge in [0, 0.05) is 5.03 Å². The maximum absolute atomic E-state index is 8.72. The van der Waals surface area contributed by atoms with E-state index < -0.39 is 0 Å². The molecule has 0 spiro atoms. The first-order chi connectivity index (χ1) is 11.2. The number of allylic oxidation sites excluding steroid dienone is 7. The van der Waals surface area contributed by atoms with Gasteiger partial charge in [-0.05, 0) is 42.6 Å². The van der Waals surface area contributed by atoms with Gasteiger partial charge < -0.3 is 9.89 Å². The van der Waals surface area contributed by atoms with Crippen molar-refractivity contribution in [2.75, 3.05) is 28.2 Å². The second kappa shape index (κ2) is 10.2. The molecule has 6 heteroatoms. The molecule has 0 atom stereocenters. The van der Waals surface area contributed by atoms with Crippen molar-refractivity contribution in [3.05, 3.63) is 44.9 Å². The van der Waals surface area contributed by atoms with Crippen LogP contribution in [0, 0.1) is 34.0 Å². The summed E-state index contributed by atoms with van der Waals surface area (Å²) in [4.78, 5) is 0. The van der Waals surface area contributed by atoms with Gasteiger partial charge in [0.15, 0.2) is 0 Å². The summed E-state index contributed by atoms with van der Waals surface area (Å²) >= 11 is 6.18. The van der Waals surface area contributed by atoms with Crippen LogP contribution in [0.5, 0.6) is 0 Å². The van der Waals surface area contributed by atoms with Gasteiger partial charge in [-0.25, -0.2) is 0 Å². The molecule has 1 rings (SSSR count). The van der Waals surface area contributed by atoms with Gasteiger partial charge in [0.1, 0.15) is 23.8 Å². The summed E-state index contributed by atoms with van der Waals surface area (Å²) in [6, 6.07) is 5.33. The average molecular weight is 342 g/mol. The first-order valence-corrected chi connectivity index (χ1v) is 7.61. The summed E-state index contributed by atoms with van der Waals surface area (Å²) in [5.41, 5.74) is 1.35. The van der Waals surface area contributed by atoms with E-state index in [2.05, 4.69) is 28.2 Å². The number of quaternary nitrogens is 1. The standard InChI is InChI=1S/C14H8ClN4.C4H12N/c15-14-12(4-10(6-16)7-17)2-1-3-13(14)5-11(8-18)9-19;1-5(2,3)4/h4-5H,1-3H2;1-4H3/q-1;+1/b12-4+;. The molecule has 0 N–H and O–H groups in total. The quantitative estimate of drug-likeness (QED) is 0.436. The molecule has 0 saturated heterocycles. The number of hydrogen-bond acceptors (Lipinski definition) is 3. The Labute approximate surface area is 148 Å². The molecule has 24 heavy (non-hydrogen) atoms. The Hall–Kier alpha value is -2.61. The van der Waals surface area contributed by atoms with Crippen LogP contribution >= 0.6 is 11.6 Å². The number of halogens is 1. The molecule has 1 aliphatic carbocycles. The van der Waals surface area contributed by atoms with Gasteiger partial charge in [-0.2, -0.15) is 15.8 Å². The maximum Gasteiger partial charge on any atom is 0.129 e. The van der Waals surface area contributed by atoms with E-state index in [0.29, 0.717) is 29.0 Å². The van der Waals surface area contributed by atoms with Crippen LogP contribution < -0.4 is 0 Å². The molecule has 0 amide bonds. The fraction of sp³-hybridized carbons (Fsp3) is 0.389. The average Bonchev–Trinajstić information content (AvgIpc) is 2.51. The first-order valence-electron chi connectivity index (χ1n) is 7.23. The molecule has 1 aliphatic rings. The third kappa shape index (κ3) is 8.74. The molecule has 0 bridgehead atoms. The third-order valence-electron chi connectivity index (χ3n) is 2.58. The molecule has 124 valence electrons. The molecule has 0 aromatic rings. The van der Waals surface area contributed by atoms with E-state index in [1.54, 1.807) is 24.1 Å². The van der Waals surface area contributed by atoms with Gasteiger partial charge >= 0.3 is 0 Å². The van der Waals surface area contributed by atoms with Gasteiger partial charge in [0.05, 0.1) is 33.8 Å². The molecule has 0 aliphatic heterocycles. The molecule has 0 unspecified atom stereocenters. The van der Waals surface area contributed by atoms with Crippen molar-refractivity contribution in [3.63, 3.8) is 0 Å². The lowest BCUT2D eigenvalue weighted by atomic mass is 9.92. The summed E-state index contributed by atoms with van der Waals surface area (Å²) in [5, 5.41) is 35.3. The summed E-state index contributed by atoms with van der Waals surface area (Å²) in [7, 11) is 8.50. The van der Waals surface area contributed by atoms with Gasteiger partial charge in [-0.3, -0.25) is 5.87 Å². The lowest BCUT2D eigenvalue weighted by Crippen LogP contribution is -2.27. The van der Waals surface area contributed by atoms with Gasteiger partial charge in [0.2, 0.25) is 0 Å². The van der Waals surface area contributed by atoms with E-state index in [4.69, 9.17) is 32.8 Å². The van der Waals surface area contributed by atoms with Crippen LogP contribution in [0.2, 0.25) is 0 Å². The van der Waals surface area contributed by atoms with Crippen LogP contribution in [0.3, 0.4) is 0 Å². The van der Waals surface area contributed by atoms with E-state index in [1.807, 2.05) is 0 Å². The number of nitriles is 3. The minimum atomic E-state index is -0.0147. The van der Waals surface area contributed by atoms with Gasteiger partial charge in [0.25, 0.3) is 0 Å². The smallest absolute Gasteiger partial charge is 0.129 e. The van der Waals surface area contributed by atoms with Crippen LogP contribution in [-0.2, 0) is 0 Å². The van der Waals surface area contributed by atoms with E-state index in [0.717, 1.165) is 10.9 Å². The van der Waals surface area contributed by atoms with E-state index >= 15 is 0 Å². The molecular weight excluding hydrogens is 322 g/mol. The Kier molecular flexibility index (Phi) is 9.11. The summed E-state index contributed by atoms with van der Waals surface area (Å²) in [6.07, 6.45) is 5.03. The fourth-order valence-electron chi connectivity index (χ4n) is 1.69. The highest BCUT2D eigenvalue weighted by Gasteiger charge is 2.15. The van der Waals surface area contributed by atoms with Crippen LogP contribution in [0.25, 0.3) is 5.41 Å². The minimum absolute atomic E-state index is 0.0147. The zero-order valence-electron chi connectivity index (χ0n) is 14.4. The maximum atomic E-state index is 8.72. The summed E-state index contributed by atoms with van der Waals surface area (Å²) < 4.78 is 1.00. The van der Waals surface area contributed by atoms with Gasteiger partial charge in [-0.1, -0.05) is 11.6 Å². The minimum Gasteiger partial charge on any atom is -0.762 e. The van der Waals surface area contributed by atoms with Crippen molar-refractivity contribution in [2.45, 2.75) is 19.3 Å². The predicted molar refractivity (Wildman–Crippen MR) is 95.6 cm³/mol. The van der Waals surface area contributed by atoms with Crippen molar-refractivity contribution in [1.29, 1.82) is 15.8 Å². The molecule has 0 fully saturated rings.